The fraction of sp³-hybridized carbons (Fsp3) is 0.515. The lowest BCUT2D eigenvalue weighted by Gasteiger charge is -2.65. The molecule has 9 heteroatoms. The second kappa shape index (κ2) is 8.26. The topological polar surface area (TPSA) is 76.5 Å². The van der Waals surface area contributed by atoms with Crippen LogP contribution >= 0.6 is 0 Å². The Labute approximate surface area is 242 Å². The SMILES string of the molecule is O=C(N(CC12CCC(c3nc(C4CC4)no3)(CC1)CC2)c1cccc(-c2cc(F)c3nccn3c2)c1)C12CC(F)(C1)C2. The molecule has 1 amide bonds. The number of halogens is 2. The van der Waals surface area contributed by atoms with E-state index in [0.29, 0.717) is 37.3 Å². The van der Waals surface area contributed by atoms with Crippen LogP contribution < -0.4 is 4.90 Å². The molecule has 4 aromatic rings. The molecule has 3 aromatic heterocycles. The standard InChI is InChI=1S/C33H33F2N5O2/c34-25-15-23(16-39-13-12-36-27(25)39)22-2-1-3-24(14-22)40(29(41)32-17-33(35,18-32)19-32)20-30-6-9-31(10-7-30,11-8-30)28-37-26(38-42-28)21-4-5-21/h1-3,12-16,21H,4-11,17-20H2. The summed E-state index contributed by atoms with van der Waals surface area (Å²) in [4.78, 5) is 25.1. The van der Waals surface area contributed by atoms with E-state index in [2.05, 4.69) is 10.1 Å². The number of fused-ring (bicyclic) bond motifs is 4. The molecule has 7 aliphatic rings. The van der Waals surface area contributed by atoms with Gasteiger partial charge in [-0.2, -0.15) is 4.98 Å². The minimum absolute atomic E-state index is 0.00841. The third-order valence-corrected chi connectivity index (χ3v) is 11.3. The Morgan fingerprint density at radius 1 is 1.05 bits per heavy atom. The zero-order chi connectivity index (χ0) is 28.3. The molecule has 0 unspecified atom stereocenters. The largest absolute Gasteiger partial charge is 0.339 e. The number of benzene rings is 1. The van der Waals surface area contributed by atoms with Crippen LogP contribution in [0.2, 0.25) is 0 Å². The van der Waals surface area contributed by atoms with E-state index in [1.54, 1.807) is 16.8 Å². The molecule has 7 fully saturated rings. The average molecular weight is 570 g/mol. The molecule has 0 spiro atoms. The maximum absolute atomic E-state index is 14.8. The van der Waals surface area contributed by atoms with Crippen LogP contribution in [0.3, 0.4) is 0 Å². The summed E-state index contributed by atoms with van der Waals surface area (Å²) in [6.07, 6.45) is 14.3. The van der Waals surface area contributed by atoms with Crippen molar-refractivity contribution < 1.29 is 18.1 Å². The lowest BCUT2D eigenvalue weighted by molar-refractivity contribution is -0.211. The molecule has 7 aliphatic carbocycles. The Morgan fingerprint density at radius 3 is 2.52 bits per heavy atom. The molecular weight excluding hydrogens is 536 g/mol. The van der Waals surface area contributed by atoms with E-state index in [1.807, 2.05) is 35.4 Å². The highest BCUT2D eigenvalue weighted by atomic mass is 19.1. The van der Waals surface area contributed by atoms with Gasteiger partial charge in [-0.1, -0.05) is 17.3 Å². The van der Waals surface area contributed by atoms with Gasteiger partial charge < -0.3 is 13.8 Å². The second-order valence-electron chi connectivity index (χ2n) is 14.2. The summed E-state index contributed by atoms with van der Waals surface area (Å²) in [6.45, 7) is 0.610. The molecule has 11 rings (SSSR count). The molecule has 216 valence electrons. The quantitative estimate of drug-likeness (QED) is 0.242. The smallest absolute Gasteiger partial charge is 0.233 e. The van der Waals surface area contributed by atoms with Crippen LogP contribution in [-0.4, -0.2) is 37.6 Å². The first-order valence-corrected chi connectivity index (χ1v) is 15.3. The summed E-state index contributed by atoms with van der Waals surface area (Å²) in [7, 11) is 0. The monoisotopic (exact) mass is 569 g/mol. The number of rotatable bonds is 7. The molecule has 0 aliphatic heterocycles. The highest BCUT2D eigenvalue weighted by Crippen LogP contribution is 2.70. The second-order valence-corrected chi connectivity index (χ2v) is 14.2. The first kappa shape index (κ1) is 24.9. The van der Waals surface area contributed by atoms with Crippen molar-refractivity contribution in [2.24, 2.45) is 10.8 Å². The van der Waals surface area contributed by atoms with Gasteiger partial charge in [0.25, 0.3) is 0 Å². The van der Waals surface area contributed by atoms with Gasteiger partial charge in [0.2, 0.25) is 11.8 Å². The minimum atomic E-state index is -1.15. The molecule has 0 saturated heterocycles. The number of alkyl halides is 1. The van der Waals surface area contributed by atoms with Crippen LogP contribution in [0.1, 0.15) is 88.3 Å². The molecule has 7 saturated carbocycles. The van der Waals surface area contributed by atoms with E-state index >= 15 is 0 Å². The molecule has 1 aromatic carbocycles. The number of nitrogens with zero attached hydrogens (tertiary/aromatic N) is 5. The van der Waals surface area contributed by atoms with E-state index in [1.165, 1.54) is 6.07 Å². The predicted octanol–water partition coefficient (Wildman–Crippen LogP) is 6.92. The first-order chi connectivity index (χ1) is 20.3. The van der Waals surface area contributed by atoms with Crippen molar-refractivity contribution in [3.05, 3.63) is 66.5 Å². The van der Waals surface area contributed by atoms with Gasteiger partial charge in [-0.25, -0.2) is 13.8 Å². The number of aromatic nitrogens is 4. The van der Waals surface area contributed by atoms with Crippen LogP contribution in [0.4, 0.5) is 14.5 Å². The maximum Gasteiger partial charge on any atom is 0.233 e. The van der Waals surface area contributed by atoms with Gasteiger partial charge in [0.05, 0.1) is 5.41 Å². The predicted molar refractivity (Wildman–Crippen MR) is 151 cm³/mol. The number of pyridine rings is 1. The Hall–Kier alpha value is -3.62. The molecule has 4 bridgehead atoms. The molecule has 7 nitrogen and oxygen atoms in total. The van der Waals surface area contributed by atoms with Crippen molar-refractivity contribution in [3.8, 4) is 11.1 Å². The van der Waals surface area contributed by atoms with Crippen molar-refractivity contribution in [1.82, 2.24) is 19.5 Å². The van der Waals surface area contributed by atoms with Gasteiger partial charge in [0.1, 0.15) is 5.67 Å². The Balaban J connectivity index is 1.02. The van der Waals surface area contributed by atoms with Crippen molar-refractivity contribution in [2.45, 2.75) is 87.6 Å². The van der Waals surface area contributed by atoms with Crippen molar-refractivity contribution in [1.29, 1.82) is 0 Å². The van der Waals surface area contributed by atoms with Gasteiger partial charge in [-0.05, 0) is 99.8 Å². The maximum atomic E-state index is 14.8. The van der Waals surface area contributed by atoms with E-state index in [-0.39, 0.29) is 22.4 Å². The first-order valence-electron chi connectivity index (χ1n) is 15.3. The Morgan fingerprint density at radius 2 is 1.81 bits per heavy atom. The highest BCUT2D eigenvalue weighted by molar-refractivity contribution is 6.00. The molecule has 0 atom stereocenters. The third kappa shape index (κ3) is 3.61. The molecule has 3 heterocycles. The molecule has 0 radical (unpaired) electrons. The summed E-state index contributed by atoms with van der Waals surface area (Å²) in [5.74, 6) is 1.80. The number of amides is 1. The van der Waals surface area contributed by atoms with Gasteiger partial charge in [0.15, 0.2) is 17.3 Å². The van der Waals surface area contributed by atoms with Crippen LogP contribution in [0, 0.1) is 16.6 Å². The molecule has 42 heavy (non-hydrogen) atoms. The van der Waals surface area contributed by atoms with E-state index in [0.717, 1.165) is 74.3 Å². The highest BCUT2D eigenvalue weighted by Gasteiger charge is 2.73. The van der Waals surface area contributed by atoms with Gasteiger partial charge in [-0.3, -0.25) is 4.79 Å². The van der Waals surface area contributed by atoms with E-state index < -0.39 is 16.9 Å². The van der Waals surface area contributed by atoms with Crippen LogP contribution in [-0.2, 0) is 10.2 Å². The van der Waals surface area contributed by atoms with Crippen LogP contribution in [0.5, 0.6) is 0 Å². The number of hydrogen-bond donors (Lipinski definition) is 0. The van der Waals surface area contributed by atoms with Crippen molar-refractivity contribution in [2.75, 3.05) is 11.4 Å². The molecular formula is C33H33F2N5O2. The Bertz CT molecular complexity index is 1710. The Kier molecular flexibility index (Phi) is 4.90. The lowest BCUT2D eigenvalue weighted by Crippen LogP contribution is -2.71. The summed E-state index contributed by atoms with van der Waals surface area (Å²) < 4.78 is 36.9. The van der Waals surface area contributed by atoms with E-state index in [4.69, 9.17) is 9.51 Å². The number of carbonyl (C=O) groups excluding carboxylic acids is 1. The zero-order valence-corrected chi connectivity index (χ0v) is 23.5. The summed E-state index contributed by atoms with van der Waals surface area (Å²) >= 11 is 0. The third-order valence-electron chi connectivity index (χ3n) is 11.3. The fourth-order valence-corrected chi connectivity index (χ4v) is 8.57. The number of imidazole rings is 1. The minimum Gasteiger partial charge on any atom is -0.339 e. The van der Waals surface area contributed by atoms with Crippen LogP contribution in [0.15, 0.2) is 53.4 Å². The van der Waals surface area contributed by atoms with Gasteiger partial charge in [0, 0.05) is 47.7 Å². The molecule has 0 N–H and O–H groups in total. The zero-order valence-electron chi connectivity index (χ0n) is 23.5. The summed E-state index contributed by atoms with van der Waals surface area (Å²) in [6, 6.07) is 9.31. The number of hydrogen-bond acceptors (Lipinski definition) is 5. The summed E-state index contributed by atoms with van der Waals surface area (Å²) in [5, 5.41) is 4.30. The lowest BCUT2D eigenvalue weighted by atomic mass is 9.41. The number of carbonyl (C=O) groups is 1. The van der Waals surface area contributed by atoms with E-state index in [9.17, 15) is 13.6 Å². The fourth-order valence-electron chi connectivity index (χ4n) is 8.57. The van der Waals surface area contributed by atoms with Crippen molar-refractivity contribution in [3.63, 3.8) is 0 Å². The van der Waals surface area contributed by atoms with Gasteiger partial charge >= 0.3 is 0 Å². The van der Waals surface area contributed by atoms with Crippen molar-refractivity contribution >= 4 is 17.2 Å². The van der Waals surface area contributed by atoms with Crippen LogP contribution in [0.25, 0.3) is 16.8 Å². The number of anilines is 1. The average Bonchev–Trinajstić information content (AvgIpc) is 3.49. The van der Waals surface area contributed by atoms with Gasteiger partial charge in [-0.15, -0.1) is 0 Å². The summed E-state index contributed by atoms with van der Waals surface area (Å²) in [5.41, 5.74) is 0.813. The normalized spacial score (nSPS) is 32.9.